The molecule has 2 saturated carbocycles. The molecule has 3 aliphatic rings. The summed E-state index contributed by atoms with van der Waals surface area (Å²) in [4.78, 5) is 38.2. The molecule has 35 heavy (non-hydrogen) atoms. The molecule has 1 saturated heterocycles. The van der Waals surface area contributed by atoms with Gasteiger partial charge in [-0.25, -0.2) is 0 Å². The van der Waals surface area contributed by atoms with E-state index >= 15 is 0 Å². The number of hydrogen-bond donors (Lipinski definition) is 2. The van der Waals surface area contributed by atoms with Crippen molar-refractivity contribution in [2.24, 2.45) is 5.92 Å². The molecule has 0 radical (unpaired) electrons. The zero-order valence-electron chi connectivity index (χ0n) is 19.8. The lowest BCUT2D eigenvalue weighted by molar-refractivity contribution is -0.151. The average molecular weight is 479 g/mol. The summed E-state index contributed by atoms with van der Waals surface area (Å²) in [5.41, 5.74) is -0.406. The maximum absolute atomic E-state index is 13.4. The number of rotatable bonds is 7. The van der Waals surface area contributed by atoms with E-state index in [2.05, 4.69) is 0 Å². The van der Waals surface area contributed by atoms with Crippen LogP contribution in [0.25, 0.3) is 11.1 Å². The van der Waals surface area contributed by atoms with Crippen LogP contribution in [-0.2, 0) is 9.53 Å². The van der Waals surface area contributed by atoms with Crippen molar-refractivity contribution in [3.8, 4) is 16.9 Å². The van der Waals surface area contributed by atoms with E-state index < -0.39 is 28.9 Å². The lowest BCUT2D eigenvalue weighted by Gasteiger charge is -2.36. The van der Waals surface area contributed by atoms with Gasteiger partial charge in [0.2, 0.25) is 0 Å². The molecule has 0 spiro atoms. The zero-order chi connectivity index (χ0) is 24.8. The summed E-state index contributed by atoms with van der Waals surface area (Å²) in [6, 6.07) is 12.0. The van der Waals surface area contributed by atoms with Gasteiger partial charge in [-0.3, -0.25) is 14.4 Å². The first-order valence-corrected chi connectivity index (χ1v) is 12.3. The summed E-state index contributed by atoms with van der Waals surface area (Å²) in [5, 5.41) is 20.8. The monoisotopic (exact) mass is 478 g/mol. The lowest BCUT2D eigenvalue weighted by atomic mass is 9.71. The van der Waals surface area contributed by atoms with Crippen LogP contribution in [0.1, 0.15) is 72.1 Å². The van der Waals surface area contributed by atoms with E-state index in [1.54, 1.807) is 30.3 Å². The second kappa shape index (κ2) is 8.88. The third-order valence-electron chi connectivity index (χ3n) is 7.95. The summed E-state index contributed by atoms with van der Waals surface area (Å²) in [7, 11) is 1.53. The molecule has 7 nitrogen and oxygen atoms in total. The Labute approximate surface area is 204 Å². The molecule has 3 fully saturated rings. The average Bonchev–Trinajstić information content (AvgIpc) is 3.64. The van der Waals surface area contributed by atoms with Crippen molar-refractivity contribution >= 4 is 17.5 Å². The standard InChI is InChI=1S/C28H30O7/c1-34-22-13-12-19(24(29)27(33)14-4-2-6-21(27)26(31)32)16-20(22)17-8-10-18(11-9-17)25(30)28-15-5-3-7-23(28)35-28/h8-13,16,21,23,33H,2-7,14-15H2,1H3,(H,31,32). The molecule has 184 valence electrons. The minimum Gasteiger partial charge on any atom is -0.496 e. The molecule has 2 aromatic rings. The van der Waals surface area contributed by atoms with Gasteiger partial charge in [0.25, 0.3) is 0 Å². The highest BCUT2D eigenvalue weighted by Crippen LogP contribution is 2.49. The number of carboxylic acid groups (broad SMARTS) is 1. The van der Waals surface area contributed by atoms with Crippen LogP contribution in [0.4, 0.5) is 0 Å². The number of epoxide rings is 1. The highest BCUT2D eigenvalue weighted by Gasteiger charge is 2.62. The zero-order valence-corrected chi connectivity index (χ0v) is 19.8. The molecular weight excluding hydrogens is 448 g/mol. The van der Waals surface area contributed by atoms with Gasteiger partial charge in [-0.1, -0.05) is 43.5 Å². The van der Waals surface area contributed by atoms with Crippen LogP contribution in [0.3, 0.4) is 0 Å². The lowest BCUT2D eigenvalue weighted by Crippen LogP contribution is -2.51. The summed E-state index contributed by atoms with van der Waals surface area (Å²) in [6.07, 6.45) is 5.45. The molecular formula is C28H30O7. The molecule has 0 aromatic heterocycles. The van der Waals surface area contributed by atoms with E-state index in [-0.39, 0.29) is 30.3 Å². The van der Waals surface area contributed by atoms with Gasteiger partial charge in [-0.15, -0.1) is 0 Å². The number of aliphatic carboxylic acids is 1. The number of carbonyl (C=O) groups is 3. The van der Waals surface area contributed by atoms with Crippen molar-refractivity contribution in [1.82, 2.24) is 0 Å². The Kier molecular flexibility index (Phi) is 6.01. The molecule has 1 heterocycles. The van der Waals surface area contributed by atoms with Crippen LogP contribution in [0.5, 0.6) is 5.75 Å². The summed E-state index contributed by atoms with van der Waals surface area (Å²) in [6.45, 7) is 0. The van der Waals surface area contributed by atoms with Gasteiger partial charge in [0.05, 0.1) is 19.1 Å². The van der Waals surface area contributed by atoms with Crippen LogP contribution >= 0.6 is 0 Å². The van der Waals surface area contributed by atoms with E-state index in [1.165, 1.54) is 7.11 Å². The van der Waals surface area contributed by atoms with E-state index in [0.29, 0.717) is 29.7 Å². The molecule has 0 amide bonds. The van der Waals surface area contributed by atoms with Crippen LogP contribution in [0, 0.1) is 5.92 Å². The Balaban J connectivity index is 1.44. The molecule has 0 bridgehead atoms. The normalized spacial score (nSPS) is 29.7. The van der Waals surface area contributed by atoms with Crippen molar-refractivity contribution in [2.75, 3.05) is 7.11 Å². The van der Waals surface area contributed by atoms with Crippen molar-refractivity contribution in [1.29, 1.82) is 0 Å². The largest absolute Gasteiger partial charge is 0.496 e. The maximum Gasteiger partial charge on any atom is 0.309 e. The van der Waals surface area contributed by atoms with Crippen LogP contribution in [0.2, 0.25) is 0 Å². The van der Waals surface area contributed by atoms with E-state index in [9.17, 15) is 24.6 Å². The van der Waals surface area contributed by atoms with Crippen LogP contribution in [0.15, 0.2) is 42.5 Å². The first kappa shape index (κ1) is 23.7. The number of fused-ring (bicyclic) bond motifs is 1. The van der Waals surface area contributed by atoms with Gasteiger partial charge >= 0.3 is 5.97 Å². The highest BCUT2D eigenvalue weighted by atomic mass is 16.6. The molecule has 5 rings (SSSR count). The van der Waals surface area contributed by atoms with Gasteiger partial charge in [0.15, 0.2) is 17.2 Å². The number of benzene rings is 2. The van der Waals surface area contributed by atoms with Crippen LogP contribution < -0.4 is 4.74 Å². The first-order valence-electron chi connectivity index (χ1n) is 12.3. The Hall–Kier alpha value is -3.03. The van der Waals surface area contributed by atoms with E-state index in [0.717, 1.165) is 31.2 Å². The topological polar surface area (TPSA) is 113 Å². The molecule has 7 heteroatoms. The predicted octanol–water partition coefficient (Wildman–Crippen LogP) is 4.45. The number of ketones is 2. The SMILES string of the molecule is COc1ccc(C(=O)C2(O)CCCCC2C(=O)O)cc1-c1ccc(C(=O)C23CCCCC2O3)cc1. The molecule has 4 unspecified atom stereocenters. The fourth-order valence-electron chi connectivity index (χ4n) is 5.89. The van der Waals surface area contributed by atoms with Crippen molar-refractivity contribution in [2.45, 2.75) is 68.7 Å². The highest BCUT2D eigenvalue weighted by molar-refractivity contribution is 6.06. The second-order valence-corrected chi connectivity index (χ2v) is 9.95. The van der Waals surface area contributed by atoms with Crippen molar-refractivity contribution in [3.05, 3.63) is 53.6 Å². The number of aliphatic hydroxyl groups is 1. The third kappa shape index (κ3) is 3.96. The van der Waals surface area contributed by atoms with E-state index in [1.807, 2.05) is 12.1 Å². The van der Waals surface area contributed by atoms with Crippen LogP contribution in [-0.4, -0.2) is 52.2 Å². The summed E-state index contributed by atoms with van der Waals surface area (Å²) in [5.74, 6) is -2.33. The number of carbonyl (C=O) groups excluding carboxylic acids is 2. The minimum absolute atomic E-state index is 0.0175. The fraction of sp³-hybridized carbons (Fsp3) is 0.464. The molecule has 2 N–H and O–H groups in total. The van der Waals surface area contributed by atoms with Gasteiger partial charge in [0.1, 0.15) is 11.4 Å². The molecule has 1 aliphatic heterocycles. The van der Waals surface area contributed by atoms with Gasteiger partial charge in [0, 0.05) is 16.7 Å². The molecule has 2 aliphatic carbocycles. The Morgan fingerprint density at radius 2 is 1.60 bits per heavy atom. The minimum atomic E-state index is -1.94. The molecule has 4 atom stereocenters. The number of carboxylic acids is 1. The van der Waals surface area contributed by atoms with Gasteiger partial charge in [-0.2, -0.15) is 0 Å². The van der Waals surface area contributed by atoms with Crippen molar-refractivity contribution < 1.29 is 34.1 Å². The van der Waals surface area contributed by atoms with Crippen molar-refractivity contribution in [3.63, 3.8) is 0 Å². The van der Waals surface area contributed by atoms with Gasteiger partial charge in [-0.05, 0) is 55.9 Å². The third-order valence-corrected chi connectivity index (χ3v) is 7.95. The number of Topliss-reactive ketones (excluding diaryl/α,β-unsaturated/α-hetero) is 2. The second-order valence-electron chi connectivity index (χ2n) is 9.95. The predicted molar refractivity (Wildman–Crippen MR) is 128 cm³/mol. The number of hydrogen-bond acceptors (Lipinski definition) is 6. The number of ether oxygens (including phenoxy) is 2. The summed E-state index contributed by atoms with van der Waals surface area (Å²) >= 11 is 0. The van der Waals surface area contributed by atoms with Gasteiger partial charge < -0.3 is 19.7 Å². The Morgan fingerprint density at radius 3 is 2.29 bits per heavy atom. The Morgan fingerprint density at radius 1 is 0.914 bits per heavy atom. The molecule has 2 aromatic carbocycles. The first-order chi connectivity index (χ1) is 16.8. The maximum atomic E-state index is 13.4. The number of methoxy groups -OCH3 is 1. The summed E-state index contributed by atoms with van der Waals surface area (Å²) < 4.78 is 11.3. The Bertz CT molecular complexity index is 1170. The quantitative estimate of drug-likeness (QED) is 0.447. The smallest absolute Gasteiger partial charge is 0.309 e. The fourth-order valence-corrected chi connectivity index (χ4v) is 5.89. The van der Waals surface area contributed by atoms with E-state index in [4.69, 9.17) is 9.47 Å².